The molecule has 0 aliphatic carbocycles. The van der Waals surface area contributed by atoms with E-state index in [-0.39, 0.29) is 46.6 Å². The number of piperidine rings is 2. The monoisotopic (exact) mass is 538 g/mol. The Morgan fingerprint density at radius 1 is 1.00 bits per heavy atom. The number of nitrogens with zero attached hydrogens (tertiary/aromatic N) is 4. The number of carbonyl (C=O) groups is 1. The van der Waals surface area contributed by atoms with Crippen LogP contribution < -0.4 is 0 Å². The number of non-ortho nitro benzene ring substituents is 1. The van der Waals surface area contributed by atoms with Crippen LogP contribution in [0.1, 0.15) is 24.4 Å². The number of nitro groups is 1. The number of hydrogen-bond acceptors (Lipinski definition) is 6. The van der Waals surface area contributed by atoms with Crippen molar-refractivity contribution in [1.29, 1.82) is 0 Å². The molecule has 2 fully saturated rings. The van der Waals surface area contributed by atoms with Crippen molar-refractivity contribution < 1.29 is 22.5 Å². The molecule has 0 amide bonds. The van der Waals surface area contributed by atoms with Crippen LogP contribution in [-0.4, -0.2) is 65.1 Å². The molecule has 0 radical (unpaired) electrons. The number of rotatable bonds is 6. The molecule has 5 rings (SSSR count). The van der Waals surface area contributed by atoms with Gasteiger partial charge >= 0.3 is 0 Å². The molecule has 3 aromatic rings. The third-order valence-electron chi connectivity index (χ3n) is 7.18. The number of aromatic nitrogens is 1. The van der Waals surface area contributed by atoms with E-state index in [1.54, 1.807) is 12.1 Å². The summed E-state index contributed by atoms with van der Waals surface area (Å²) in [6, 6.07) is 14.0. The van der Waals surface area contributed by atoms with Gasteiger partial charge < -0.3 is 4.57 Å². The number of sulfonamides is 1. The van der Waals surface area contributed by atoms with Gasteiger partial charge in [-0.2, -0.15) is 4.31 Å². The second kappa shape index (κ2) is 10.6. The lowest BCUT2D eigenvalue weighted by atomic mass is 9.94. The smallest absolute Gasteiger partial charge is 0.269 e. The van der Waals surface area contributed by atoms with Crippen LogP contribution in [0.3, 0.4) is 0 Å². The Hall–Kier alpha value is -3.67. The molecule has 3 heterocycles. The number of likely N-dealkylation sites (tertiary alicyclic amines) is 1. The van der Waals surface area contributed by atoms with Crippen molar-refractivity contribution in [2.75, 3.05) is 26.2 Å². The van der Waals surface area contributed by atoms with Crippen molar-refractivity contribution in [2.45, 2.75) is 29.8 Å². The molecule has 11 heteroatoms. The zero-order valence-electron chi connectivity index (χ0n) is 20.5. The van der Waals surface area contributed by atoms with Gasteiger partial charge in [-0.05, 0) is 55.8 Å². The van der Waals surface area contributed by atoms with Gasteiger partial charge in [0.05, 0.1) is 15.9 Å². The van der Waals surface area contributed by atoms with Crippen LogP contribution in [0.25, 0.3) is 6.08 Å². The SMILES string of the molecule is O=C1C(=Cc2ccccc2F)CN(S(=O)(=O)c2ccc([N+](=O)[O-])cc2)CC1N1CCCC(n2cccc2)C1. The van der Waals surface area contributed by atoms with E-state index in [2.05, 4.69) is 4.57 Å². The summed E-state index contributed by atoms with van der Waals surface area (Å²) in [5.41, 5.74) is 0.174. The van der Waals surface area contributed by atoms with Gasteiger partial charge in [0.1, 0.15) is 5.82 Å². The molecule has 2 atom stereocenters. The van der Waals surface area contributed by atoms with Crippen LogP contribution in [0.2, 0.25) is 0 Å². The second-order valence-corrected chi connectivity index (χ2v) is 11.5. The standard InChI is InChI=1S/C27H27FN4O5S/c28-25-8-2-1-6-20(25)16-21-17-31(38(36,37)24-11-9-22(10-12-24)32(34)35)19-26(27(21)33)30-15-5-7-23(18-30)29-13-3-4-14-29/h1-4,6,8-14,16,23,26H,5,7,15,17-19H2. The average Bonchev–Trinajstić information content (AvgIpc) is 3.46. The number of benzene rings is 2. The lowest BCUT2D eigenvalue weighted by Crippen LogP contribution is -2.57. The van der Waals surface area contributed by atoms with Crippen molar-refractivity contribution in [1.82, 2.24) is 13.8 Å². The molecule has 2 saturated heterocycles. The Bertz CT molecular complexity index is 1470. The van der Waals surface area contributed by atoms with Gasteiger partial charge in [-0.25, -0.2) is 12.8 Å². The van der Waals surface area contributed by atoms with Gasteiger partial charge in [-0.1, -0.05) is 18.2 Å². The van der Waals surface area contributed by atoms with E-state index >= 15 is 0 Å². The summed E-state index contributed by atoms with van der Waals surface area (Å²) >= 11 is 0. The highest BCUT2D eigenvalue weighted by Gasteiger charge is 2.41. The number of ketones is 1. The van der Waals surface area contributed by atoms with Gasteiger partial charge in [-0.3, -0.25) is 19.8 Å². The molecule has 198 valence electrons. The molecule has 2 unspecified atom stereocenters. The summed E-state index contributed by atoms with van der Waals surface area (Å²) in [5, 5.41) is 11.0. The minimum atomic E-state index is -4.10. The number of nitro benzene ring substituents is 1. The maximum absolute atomic E-state index is 14.5. The third kappa shape index (κ3) is 5.17. The van der Waals surface area contributed by atoms with E-state index in [0.29, 0.717) is 13.1 Å². The minimum Gasteiger partial charge on any atom is -0.350 e. The highest BCUT2D eigenvalue weighted by Crippen LogP contribution is 2.30. The van der Waals surface area contributed by atoms with Crippen LogP contribution in [0.4, 0.5) is 10.1 Å². The number of Topliss-reactive ketones (excluding diaryl/α,β-unsaturated/α-hetero) is 1. The topological polar surface area (TPSA) is 106 Å². The summed E-state index contributed by atoms with van der Waals surface area (Å²) in [5.74, 6) is -0.734. The van der Waals surface area contributed by atoms with E-state index in [1.807, 2.05) is 29.4 Å². The predicted octanol–water partition coefficient (Wildman–Crippen LogP) is 3.90. The van der Waals surface area contributed by atoms with Crippen molar-refractivity contribution in [2.24, 2.45) is 0 Å². The first kappa shape index (κ1) is 26.0. The quantitative estimate of drug-likeness (QED) is 0.268. The van der Waals surface area contributed by atoms with Crippen LogP contribution in [0.15, 0.2) is 83.5 Å². The summed E-state index contributed by atoms with van der Waals surface area (Å²) in [4.78, 5) is 26.1. The summed E-state index contributed by atoms with van der Waals surface area (Å²) in [6.45, 7) is 0.916. The zero-order chi connectivity index (χ0) is 26.9. The van der Waals surface area contributed by atoms with Crippen LogP contribution >= 0.6 is 0 Å². The van der Waals surface area contributed by atoms with Crippen LogP contribution in [0, 0.1) is 15.9 Å². The number of halogens is 1. The van der Waals surface area contributed by atoms with Crippen molar-refractivity contribution in [3.8, 4) is 0 Å². The van der Waals surface area contributed by atoms with Gasteiger partial charge in [0.25, 0.3) is 5.69 Å². The maximum Gasteiger partial charge on any atom is 0.269 e. The molecular weight excluding hydrogens is 511 g/mol. The van der Waals surface area contributed by atoms with Crippen molar-refractivity contribution >= 4 is 27.6 Å². The molecule has 2 aromatic carbocycles. The summed E-state index contributed by atoms with van der Waals surface area (Å²) < 4.78 is 45.1. The summed E-state index contributed by atoms with van der Waals surface area (Å²) in [7, 11) is -4.10. The fourth-order valence-corrected chi connectivity index (χ4v) is 6.60. The average molecular weight is 539 g/mol. The van der Waals surface area contributed by atoms with Crippen LogP contribution in [-0.2, 0) is 14.8 Å². The first-order chi connectivity index (χ1) is 18.2. The van der Waals surface area contributed by atoms with E-state index < -0.39 is 26.8 Å². The summed E-state index contributed by atoms with van der Waals surface area (Å²) in [6.07, 6.45) is 7.16. The van der Waals surface area contributed by atoms with Crippen LogP contribution in [0.5, 0.6) is 0 Å². The maximum atomic E-state index is 14.5. The predicted molar refractivity (Wildman–Crippen MR) is 139 cm³/mol. The minimum absolute atomic E-state index is 0.0643. The van der Waals surface area contributed by atoms with Gasteiger partial charge in [0, 0.05) is 61.3 Å². The zero-order valence-corrected chi connectivity index (χ0v) is 21.3. The second-order valence-electron chi connectivity index (χ2n) is 9.54. The molecular formula is C27H27FN4O5S. The molecule has 1 aromatic heterocycles. The van der Waals surface area contributed by atoms with E-state index in [4.69, 9.17) is 0 Å². The highest BCUT2D eigenvalue weighted by atomic mass is 32.2. The van der Waals surface area contributed by atoms with E-state index in [1.165, 1.54) is 34.6 Å². The number of carbonyl (C=O) groups excluding carboxylic acids is 1. The Labute approximate surface area is 220 Å². The molecule has 0 N–H and O–H groups in total. The Morgan fingerprint density at radius 2 is 1.71 bits per heavy atom. The van der Waals surface area contributed by atoms with Crippen molar-refractivity contribution in [3.63, 3.8) is 0 Å². The lowest BCUT2D eigenvalue weighted by Gasteiger charge is -2.42. The normalized spacial score (nSPS) is 22.6. The van der Waals surface area contributed by atoms with E-state index in [0.717, 1.165) is 25.0 Å². The molecule has 2 aliphatic heterocycles. The molecule has 9 nitrogen and oxygen atoms in total. The van der Waals surface area contributed by atoms with E-state index in [9.17, 15) is 27.7 Å². The first-order valence-electron chi connectivity index (χ1n) is 12.3. The molecule has 2 aliphatic rings. The van der Waals surface area contributed by atoms with Gasteiger partial charge in [0.2, 0.25) is 10.0 Å². The highest BCUT2D eigenvalue weighted by molar-refractivity contribution is 7.89. The Morgan fingerprint density at radius 3 is 2.39 bits per heavy atom. The van der Waals surface area contributed by atoms with Gasteiger partial charge in [0.15, 0.2) is 5.78 Å². The first-order valence-corrected chi connectivity index (χ1v) is 13.8. The number of hydrogen-bond donors (Lipinski definition) is 0. The lowest BCUT2D eigenvalue weighted by molar-refractivity contribution is -0.384. The van der Waals surface area contributed by atoms with Gasteiger partial charge in [-0.15, -0.1) is 0 Å². The fourth-order valence-electron chi connectivity index (χ4n) is 5.17. The molecule has 38 heavy (non-hydrogen) atoms. The van der Waals surface area contributed by atoms with Crippen molar-refractivity contribution in [3.05, 3.63) is 100 Å². The molecule has 0 saturated carbocycles. The Balaban J connectivity index is 1.50. The third-order valence-corrected chi connectivity index (χ3v) is 9.01. The molecule has 0 bridgehead atoms. The molecule has 0 spiro atoms. The Kier molecular flexibility index (Phi) is 7.24. The largest absolute Gasteiger partial charge is 0.350 e. The fraction of sp³-hybridized carbons (Fsp3) is 0.296.